The van der Waals surface area contributed by atoms with E-state index in [1.54, 1.807) is 0 Å². The molecule has 23 heavy (non-hydrogen) atoms. The zero-order chi connectivity index (χ0) is 15.2. The van der Waals surface area contributed by atoms with Gasteiger partial charge in [-0.1, -0.05) is 60.7 Å². The van der Waals surface area contributed by atoms with E-state index < -0.39 is 0 Å². The molecule has 0 aliphatic heterocycles. The van der Waals surface area contributed by atoms with Gasteiger partial charge < -0.3 is 5.32 Å². The first-order chi connectivity index (χ1) is 11.4. The summed E-state index contributed by atoms with van der Waals surface area (Å²) in [6.07, 6.45) is 0. The maximum atomic E-state index is 3.51. The topological polar surface area (TPSA) is 12.0 Å². The molecule has 1 N–H and O–H groups in total. The normalized spacial score (nSPS) is 11.5. The van der Waals surface area contributed by atoms with Crippen LogP contribution in [0.25, 0.3) is 32.3 Å². The number of para-hydroxylation sites is 1. The van der Waals surface area contributed by atoms with E-state index in [9.17, 15) is 0 Å². The van der Waals surface area contributed by atoms with E-state index in [4.69, 9.17) is 0 Å². The van der Waals surface area contributed by atoms with Crippen molar-refractivity contribution in [1.29, 1.82) is 0 Å². The van der Waals surface area contributed by atoms with E-state index in [0.29, 0.717) is 0 Å². The van der Waals surface area contributed by atoms with E-state index in [1.165, 1.54) is 32.3 Å². The van der Waals surface area contributed by atoms with Gasteiger partial charge in [0, 0.05) is 11.4 Å². The van der Waals surface area contributed by atoms with Crippen molar-refractivity contribution < 1.29 is 0 Å². The molecule has 0 unspecified atom stereocenters. The minimum absolute atomic E-state index is 1.11. The molecule has 1 nitrogen and oxygen atoms in total. The second-order valence-electron chi connectivity index (χ2n) is 6.00. The van der Waals surface area contributed by atoms with Crippen molar-refractivity contribution in [3.63, 3.8) is 0 Å². The van der Waals surface area contributed by atoms with Gasteiger partial charge in [-0.25, -0.2) is 0 Å². The summed E-state index contributed by atoms with van der Waals surface area (Å²) in [4.78, 5) is 0. The third kappa shape index (κ3) is 1.94. The van der Waals surface area contributed by atoms with Crippen LogP contribution in [0.4, 0.5) is 11.4 Å². The van der Waals surface area contributed by atoms with Crippen LogP contribution in [0.3, 0.4) is 0 Å². The highest BCUT2D eigenvalue weighted by molar-refractivity contribution is 6.23. The molecule has 0 aliphatic rings. The average Bonchev–Trinajstić information content (AvgIpc) is 2.60. The van der Waals surface area contributed by atoms with E-state index >= 15 is 0 Å². The fraction of sp³-hybridized carbons (Fsp3) is 0. The van der Waals surface area contributed by atoms with Crippen LogP contribution >= 0.6 is 0 Å². The predicted octanol–water partition coefficient (Wildman–Crippen LogP) is 6.33. The minimum atomic E-state index is 1.11. The van der Waals surface area contributed by atoms with Gasteiger partial charge in [-0.3, -0.25) is 0 Å². The van der Waals surface area contributed by atoms with Crippen LogP contribution in [0.1, 0.15) is 0 Å². The number of nitrogens with one attached hydrogen (secondary N) is 1. The van der Waals surface area contributed by atoms with Gasteiger partial charge in [0.25, 0.3) is 0 Å². The molecule has 0 saturated heterocycles. The highest BCUT2D eigenvalue weighted by atomic mass is 14.9. The van der Waals surface area contributed by atoms with Crippen molar-refractivity contribution >= 4 is 43.7 Å². The molecule has 0 fully saturated rings. The number of hydrogen-bond donors (Lipinski definition) is 1. The van der Waals surface area contributed by atoms with Crippen LogP contribution in [0.5, 0.6) is 0 Å². The second kappa shape index (κ2) is 4.72. The molecule has 108 valence electrons. The Morgan fingerprint density at radius 3 is 1.65 bits per heavy atom. The maximum absolute atomic E-state index is 3.51. The summed E-state index contributed by atoms with van der Waals surface area (Å²) in [6, 6.07) is 30.2. The molecule has 0 amide bonds. The molecule has 5 aromatic carbocycles. The molecule has 0 aliphatic carbocycles. The Hall–Kier alpha value is -3.06. The Morgan fingerprint density at radius 2 is 1.00 bits per heavy atom. The van der Waals surface area contributed by atoms with Crippen LogP contribution < -0.4 is 5.32 Å². The summed E-state index contributed by atoms with van der Waals surface area (Å²) in [7, 11) is 0. The SMILES string of the molecule is c1ccc(Nc2cc3ccc4cccc5ccc(c2)c3c45)cc1. The lowest BCUT2D eigenvalue weighted by molar-refractivity contribution is 1.58. The standard InChI is InChI=1S/C22H15N/c1-2-7-19(8-3-1)23-20-13-17-11-9-15-5-4-6-16-10-12-18(14-20)22(17)21(15)16/h1-14,23H. The third-order valence-corrected chi connectivity index (χ3v) is 4.53. The zero-order valence-corrected chi connectivity index (χ0v) is 12.6. The number of benzene rings is 5. The Labute approximate surface area is 134 Å². The molecule has 0 bridgehead atoms. The van der Waals surface area contributed by atoms with Gasteiger partial charge >= 0.3 is 0 Å². The molecular formula is C22H15N. The quantitative estimate of drug-likeness (QED) is 0.375. The number of anilines is 2. The summed E-state index contributed by atoms with van der Waals surface area (Å²) < 4.78 is 0. The predicted molar refractivity (Wildman–Crippen MR) is 99.9 cm³/mol. The minimum Gasteiger partial charge on any atom is -0.355 e. The van der Waals surface area contributed by atoms with E-state index in [2.05, 4.69) is 72.0 Å². The molecule has 0 atom stereocenters. The summed E-state index contributed by atoms with van der Waals surface area (Å²) >= 11 is 0. The molecule has 0 radical (unpaired) electrons. The monoisotopic (exact) mass is 293 g/mol. The van der Waals surface area contributed by atoms with Crippen molar-refractivity contribution in [1.82, 2.24) is 0 Å². The van der Waals surface area contributed by atoms with Crippen molar-refractivity contribution in [2.75, 3.05) is 5.32 Å². The Balaban J connectivity index is 1.78. The van der Waals surface area contributed by atoms with Gasteiger partial charge in [-0.05, 0) is 56.6 Å². The zero-order valence-electron chi connectivity index (χ0n) is 12.6. The molecule has 1 heteroatoms. The Bertz CT molecular complexity index is 1060. The van der Waals surface area contributed by atoms with Crippen molar-refractivity contribution in [2.24, 2.45) is 0 Å². The lowest BCUT2D eigenvalue weighted by atomic mass is 9.94. The molecular weight excluding hydrogens is 278 g/mol. The second-order valence-corrected chi connectivity index (χ2v) is 6.00. The largest absolute Gasteiger partial charge is 0.355 e. The summed E-state index contributed by atoms with van der Waals surface area (Å²) in [5, 5.41) is 11.4. The summed E-state index contributed by atoms with van der Waals surface area (Å²) in [6.45, 7) is 0. The summed E-state index contributed by atoms with van der Waals surface area (Å²) in [5.41, 5.74) is 2.24. The highest BCUT2D eigenvalue weighted by Crippen LogP contribution is 2.36. The third-order valence-electron chi connectivity index (χ3n) is 4.53. The van der Waals surface area contributed by atoms with Crippen molar-refractivity contribution in [3.8, 4) is 0 Å². The van der Waals surface area contributed by atoms with E-state index in [-0.39, 0.29) is 0 Å². The molecule has 0 spiro atoms. The van der Waals surface area contributed by atoms with Crippen LogP contribution in [0.15, 0.2) is 84.9 Å². The fourth-order valence-corrected chi connectivity index (χ4v) is 3.51. The van der Waals surface area contributed by atoms with Crippen molar-refractivity contribution in [3.05, 3.63) is 84.9 Å². The first kappa shape index (κ1) is 12.5. The number of rotatable bonds is 2. The Kier molecular flexibility index (Phi) is 2.56. The van der Waals surface area contributed by atoms with Gasteiger partial charge in [0.05, 0.1) is 0 Å². The van der Waals surface area contributed by atoms with Gasteiger partial charge in [-0.2, -0.15) is 0 Å². The first-order valence-corrected chi connectivity index (χ1v) is 7.88. The lowest BCUT2D eigenvalue weighted by Gasteiger charge is -2.13. The molecule has 0 aromatic heterocycles. The van der Waals surface area contributed by atoms with Crippen molar-refractivity contribution in [2.45, 2.75) is 0 Å². The molecule has 5 rings (SSSR count). The fourth-order valence-electron chi connectivity index (χ4n) is 3.51. The van der Waals surface area contributed by atoms with Crippen LogP contribution in [-0.2, 0) is 0 Å². The molecule has 0 saturated carbocycles. The van der Waals surface area contributed by atoms with Gasteiger partial charge in [0.1, 0.15) is 0 Å². The van der Waals surface area contributed by atoms with Gasteiger partial charge in [0.2, 0.25) is 0 Å². The summed E-state index contributed by atoms with van der Waals surface area (Å²) in [5.74, 6) is 0. The highest BCUT2D eigenvalue weighted by Gasteiger charge is 2.08. The van der Waals surface area contributed by atoms with Crippen LogP contribution in [0.2, 0.25) is 0 Å². The van der Waals surface area contributed by atoms with Gasteiger partial charge in [0.15, 0.2) is 0 Å². The molecule has 5 aromatic rings. The van der Waals surface area contributed by atoms with Crippen LogP contribution in [0, 0.1) is 0 Å². The lowest BCUT2D eigenvalue weighted by Crippen LogP contribution is -1.91. The number of hydrogen-bond acceptors (Lipinski definition) is 1. The van der Waals surface area contributed by atoms with E-state index in [1.807, 2.05) is 18.2 Å². The van der Waals surface area contributed by atoms with Gasteiger partial charge in [-0.15, -0.1) is 0 Å². The average molecular weight is 293 g/mol. The van der Waals surface area contributed by atoms with Crippen LogP contribution in [-0.4, -0.2) is 0 Å². The smallest absolute Gasteiger partial charge is 0.0396 e. The first-order valence-electron chi connectivity index (χ1n) is 7.88. The molecule has 0 heterocycles. The maximum Gasteiger partial charge on any atom is 0.0396 e. The Morgan fingerprint density at radius 1 is 0.435 bits per heavy atom. The van der Waals surface area contributed by atoms with E-state index in [0.717, 1.165) is 11.4 Å².